The summed E-state index contributed by atoms with van der Waals surface area (Å²) in [4.78, 5) is 2.44. The van der Waals surface area contributed by atoms with E-state index in [-0.39, 0.29) is 10.8 Å². The second kappa shape index (κ2) is 15.4. The lowest BCUT2D eigenvalue weighted by Crippen LogP contribution is -2.29. The first-order valence-electron chi connectivity index (χ1n) is 22.9. The minimum absolute atomic E-state index is 0.0200. The number of fused-ring (bicyclic) bond motifs is 6. The smallest absolute Gasteiger partial charge is 0.159 e. The third-order valence-corrected chi connectivity index (χ3v) is 13.7. The fraction of sp³-hybridized carbons (Fsp3) is 0.143. The topological polar surface area (TPSA) is 16.4 Å². The van der Waals surface area contributed by atoms with Crippen LogP contribution in [0.25, 0.3) is 55.3 Å². The molecule has 65 heavy (non-hydrogen) atoms. The molecule has 1 aliphatic rings. The van der Waals surface area contributed by atoms with Gasteiger partial charge in [-0.3, -0.25) is 0 Å². The summed E-state index contributed by atoms with van der Waals surface area (Å²) in [5.74, 6) is 0. The molecule has 11 rings (SSSR count). The largest absolute Gasteiger partial charge is 0.454 e. The van der Waals surface area contributed by atoms with Crippen LogP contribution >= 0.6 is 0 Å². The number of para-hydroxylation sites is 3. The molecule has 2 nitrogen and oxygen atoms in total. The van der Waals surface area contributed by atoms with Crippen molar-refractivity contribution in [3.05, 3.63) is 246 Å². The van der Waals surface area contributed by atoms with Crippen LogP contribution in [-0.4, -0.2) is 0 Å². The molecule has 1 heterocycles. The van der Waals surface area contributed by atoms with Crippen molar-refractivity contribution >= 4 is 39.0 Å². The van der Waals surface area contributed by atoms with E-state index in [1.165, 1.54) is 55.6 Å². The lowest BCUT2D eigenvalue weighted by Gasteiger charge is -2.36. The molecular formula is C63H53NO. The molecular weight excluding hydrogens is 787 g/mol. The second-order valence-electron chi connectivity index (χ2n) is 19.7. The number of hydrogen-bond donors (Lipinski definition) is 0. The molecule has 1 aliphatic carbocycles. The number of hydrogen-bond acceptors (Lipinski definition) is 2. The summed E-state index contributed by atoms with van der Waals surface area (Å²) >= 11 is 0. The molecule has 0 spiro atoms. The van der Waals surface area contributed by atoms with Gasteiger partial charge in [-0.1, -0.05) is 224 Å². The molecule has 9 aromatic carbocycles. The Hall–Kier alpha value is -7.42. The van der Waals surface area contributed by atoms with E-state index in [9.17, 15) is 0 Å². The Kier molecular flexibility index (Phi) is 9.55. The van der Waals surface area contributed by atoms with Gasteiger partial charge in [0.15, 0.2) is 5.58 Å². The van der Waals surface area contributed by atoms with Gasteiger partial charge in [-0.05, 0) is 102 Å². The van der Waals surface area contributed by atoms with Gasteiger partial charge in [-0.15, -0.1) is 0 Å². The zero-order valence-electron chi connectivity index (χ0n) is 38.1. The Morgan fingerprint density at radius 3 is 1.58 bits per heavy atom. The van der Waals surface area contributed by atoms with E-state index in [0.29, 0.717) is 0 Å². The molecule has 0 aliphatic heterocycles. The Morgan fingerprint density at radius 2 is 0.908 bits per heavy atom. The maximum atomic E-state index is 6.88. The first-order chi connectivity index (χ1) is 31.5. The quantitative estimate of drug-likeness (QED) is 0.159. The van der Waals surface area contributed by atoms with Crippen LogP contribution in [0.15, 0.2) is 217 Å². The summed E-state index contributed by atoms with van der Waals surface area (Å²) in [5.41, 5.74) is 19.1. The van der Waals surface area contributed by atoms with Gasteiger partial charge in [0.2, 0.25) is 0 Å². The molecule has 0 bridgehead atoms. The van der Waals surface area contributed by atoms with Gasteiger partial charge >= 0.3 is 0 Å². The van der Waals surface area contributed by atoms with Crippen LogP contribution in [0.3, 0.4) is 0 Å². The highest BCUT2D eigenvalue weighted by Gasteiger charge is 2.46. The zero-order valence-corrected chi connectivity index (χ0v) is 38.1. The van der Waals surface area contributed by atoms with Crippen LogP contribution in [0.2, 0.25) is 0 Å². The summed E-state index contributed by atoms with van der Waals surface area (Å²) in [5, 5.41) is 2.20. The zero-order chi connectivity index (χ0) is 44.5. The van der Waals surface area contributed by atoms with Gasteiger partial charge in [0.25, 0.3) is 0 Å². The van der Waals surface area contributed by atoms with E-state index >= 15 is 0 Å². The highest BCUT2D eigenvalue weighted by Crippen LogP contribution is 2.58. The molecule has 2 heteroatoms. The van der Waals surface area contributed by atoms with E-state index in [4.69, 9.17) is 4.42 Å². The van der Waals surface area contributed by atoms with Crippen LogP contribution in [-0.2, 0) is 16.2 Å². The first kappa shape index (κ1) is 40.4. The van der Waals surface area contributed by atoms with Crippen molar-refractivity contribution < 1.29 is 4.42 Å². The van der Waals surface area contributed by atoms with Gasteiger partial charge in [-0.2, -0.15) is 0 Å². The van der Waals surface area contributed by atoms with Crippen LogP contribution in [0, 0.1) is 0 Å². The predicted molar refractivity (Wildman–Crippen MR) is 274 cm³/mol. The maximum absolute atomic E-state index is 6.88. The number of benzene rings is 9. The summed E-state index contributed by atoms with van der Waals surface area (Å²) < 4.78 is 6.88. The maximum Gasteiger partial charge on any atom is 0.159 e. The minimum Gasteiger partial charge on any atom is -0.454 e. The number of nitrogens with zero attached hydrogens (tertiary/aromatic N) is 1. The van der Waals surface area contributed by atoms with E-state index in [1.54, 1.807) is 0 Å². The number of anilines is 3. The second-order valence-corrected chi connectivity index (χ2v) is 19.7. The Morgan fingerprint density at radius 1 is 0.385 bits per heavy atom. The monoisotopic (exact) mass is 839 g/mol. The van der Waals surface area contributed by atoms with Crippen LogP contribution in [0.1, 0.15) is 74.9 Å². The molecule has 1 aromatic heterocycles. The van der Waals surface area contributed by atoms with Crippen LogP contribution in [0.5, 0.6) is 0 Å². The van der Waals surface area contributed by atoms with E-state index in [0.717, 1.165) is 50.1 Å². The molecule has 0 saturated heterocycles. The molecule has 0 unspecified atom stereocenters. The van der Waals surface area contributed by atoms with Crippen molar-refractivity contribution in [1.82, 2.24) is 0 Å². The van der Waals surface area contributed by atoms with Gasteiger partial charge in [0.1, 0.15) is 5.58 Å². The molecule has 0 N–H and O–H groups in total. The summed E-state index contributed by atoms with van der Waals surface area (Å²) in [6.07, 6.45) is 0. The van der Waals surface area contributed by atoms with Gasteiger partial charge in [-0.25, -0.2) is 0 Å². The first-order valence-corrected chi connectivity index (χ1v) is 22.9. The third-order valence-electron chi connectivity index (χ3n) is 13.7. The fourth-order valence-electron chi connectivity index (χ4n) is 10.3. The molecule has 0 amide bonds. The third kappa shape index (κ3) is 6.70. The molecule has 316 valence electrons. The average molecular weight is 840 g/mol. The van der Waals surface area contributed by atoms with E-state index < -0.39 is 5.41 Å². The summed E-state index contributed by atoms with van der Waals surface area (Å²) in [6.45, 7) is 13.8. The number of furan rings is 1. The van der Waals surface area contributed by atoms with Gasteiger partial charge in [0, 0.05) is 22.0 Å². The average Bonchev–Trinajstić information content (AvgIpc) is 3.86. The van der Waals surface area contributed by atoms with Crippen molar-refractivity contribution in [2.45, 2.75) is 57.8 Å². The lowest BCUT2D eigenvalue weighted by molar-refractivity contribution is 0.588. The highest BCUT2D eigenvalue weighted by atomic mass is 16.3. The SMILES string of the molecule is CC(C)(C)c1ccc(C2(c3ccc(C(C)(C)C)cc3)c3ccccc3-c3ccc(N(c4ccccc4-c4ccc(-c5ccccc5)cc4)c4cccc5c4oc4ccccc45)cc32)cc1. The highest BCUT2D eigenvalue weighted by molar-refractivity contribution is 6.11. The normalized spacial score (nSPS) is 13.2. The van der Waals surface area contributed by atoms with Gasteiger partial charge < -0.3 is 9.32 Å². The van der Waals surface area contributed by atoms with Gasteiger partial charge in [0.05, 0.1) is 16.8 Å². The summed E-state index contributed by atoms with van der Waals surface area (Å²) in [7, 11) is 0. The fourth-order valence-corrected chi connectivity index (χ4v) is 10.3. The van der Waals surface area contributed by atoms with E-state index in [2.05, 4.69) is 259 Å². The van der Waals surface area contributed by atoms with Crippen molar-refractivity contribution in [2.75, 3.05) is 4.90 Å². The lowest BCUT2D eigenvalue weighted by atomic mass is 9.67. The minimum atomic E-state index is -0.599. The molecule has 0 atom stereocenters. The van der Waals surface area contributed by atoms with Crippen molar-refractivity contribution in [2.24, 2.45) is 0 Å². The van der Waals surface area contributed by atoms with Crippen LogP contribution < -0.4 is 4.90 Å². The summed E-state index contributed by atoms with van der Waals surface area (Å²) in [6, 6.07) is 78.5. The molecule has 0 fully saturated rings. The Labute approximate surface area is 383 Å². The van der Waals surface area contributed by atoms with Crippen molar-refractivity contribution in [3.8, 4) is 33.4 Å². The molecule has 10 aromatic rings. The number of rotatable bonds is 7. The Balaban J connectivity index is 1.19. The van der Waals surface area contributed by atoms with Crippen LogP contribution in [0.4, 0.5) is 17.1 Å². The van der Waals surface area contributed by atoms with E-state index in [1.807, 2.05) is 0 Å². The predicted octanol–water partition coefficient (Wildman–Crippen LogP) is 17.3. The molecule has 0 radical (unpaired) electrons. The standard InChI is InChI=1S/C63H53NO/c1-61(2,3)45-31-35-47(36-32-45)63(48-37-33-46(34-38-48)62(4,5)6)55-23-13-10-20-51(55)52-40-39-49(41-56(52)63)64(58-25-16-22-54-53-21-12-15-26-59(53)65-60(54)58)57-24-14-11-19-50(57)44-29-27-43(28-30-44)42-17-8-7-9-18-42/h7-41H,1-6H3. The molecule has 0 saturated carbocycles. The van der Waals surface area contributed by atoms with Crippen molar-refractivity contribution in [3.63, 3.8) is 0 Å². The Bertz CT molecular complexity index is 3300. The van der Waals surface area contributed by atoms with Crippen molar-refractivity contribution in [1.29, 1.82) is 0 Å².